The van der Waals surface area contributed by atoms with E-state index in [1.54, 1.807) is 18.2 Å². The average Bonchev–Trinajstić information content (AvgIpc) is 2.62. The van der Waals surface area contributed by atoms with Gasteiger partial charge in [0.1, 0.15) is 11.6 Å². The second-order valence-corrected chi connectivity index (χ2v) is 5.61. The van der Waals surface area contributed by atoms with Gasteiger partial charge in [0.15, 0.2) is 12.3 Å². The molecule has 7 nitrogen and oxygen atoms in total. The van der Waals surface area contributed by atoms with Crippen LogP contribution in [0.5, 0.6) is 0 Å². The minimum Gasteiger partial charge on any atom is -0.451 e. The van der Waals surface area contributed by atoms with Crippen molar-refractivity contribution in [2.45, 2.75) is 0 Å². The average molecular weight is 373 g/mol. The van der Waals surface area contributed by atoms with E-state index < -0.39 is 30.1 Å². The topological polar surface area (TPSA) is 90.3 Å². The first-order chi connectivity index (χ1) is 12.8. The highest BCUT2D eigenvalue weighted by atomic mass is 19.1. The van der Waals surface area contributed by atoms with Gasteiger partial charge in [-0.1, -0.05) is 18.2 Å². The molecule has 9 heteroatoms. The Balaban J connectivity index is 1.74. The van der Waals surface area contributed by atoms with Gasteiger partial charge < -0.3 is 10.1 Å². The van der Waals surface area contributed by atoms with Gasteiger partial charge in [-0.25, -0.2) is 18.3 Å². The fourth-order valence-electron chi connectivity index (χ4n) is 2.47. The number of carbonyl (C=O) groups excluding carboxylic acids is 2. The Morgan fingerprint density at radius 3 is 2.41 bits per heavy atom. The van der Waals surface area contributed by atoms with Crippen LogP contribution in [0.1, 0.15) is 10.5 Å². The molecule has 1 heterocycles. The smallest absolute Gasteiger partial charge is 0.359 e. The maximum Gasteiger partial charge on any atom is 0.359 e. The second kappa shape index (κ2) is 7.32. The number of hydrogen-bond acceptors (Lipinski definition) is 5. The Kier molecular flexibility index (Phi) is 4.93. The number of amides is 1. The molecule has 3 aromatic rings. The van der Waals surface area contributed by atoms with Crippen LogP contribution in [0.15, 0.2) is 47.3 Å². The minimum atomic E-state index is -0.914. The molecule has 0 saturated heterocycles. The molecular formula is C18H13F2N3O4. The van der Waals surface area contributed by atoms with Crippen molar-refractivity contribution >= 4 is 28.3 Å². The molecule has 1 N–H and O–H groups in total. The summed E-state index contributed by atoms with van der Waals surface area (Å²) in [4.78, 5) is 36.2. The number of carbonyl (C=O) groups is 2. The van der Waals surface area contributed by atoms with Crippen LogP contribution >= 0.6 is 0 Å². The molecule has 27 heavy (non-hydrogen) atoms. The molecule has 2 aromatic carbocycles. The SMILES string of the molecule is Cn1nc(C(=O)OCC(=O)Nc2cc(F)cc(F)c2)c2ccccc2c1=O. The predicted octanol–water partition coefficient (Wildman–Crippen LogP) is 2.01. The van der Waals surface area contributed by atoms with Crippen molar-refractivity contribution in [3.05, 3.63) is 70.1 Å². The molecule has 0 spiro atoms. The van der Waals surface area contributed by atoms with Crippen molar-refractivity contribution in [1.29, 1.82) is 0 Å². The molecule has 0 radical (unpaired) electrons. The quantitative estimate of drug-likeness (QED) is 0.707. The fourth-order valence-corrected chi connectivity index (χ4v) is 2.47. The van der Waals surface area contributed by atoms with Gasteiger partial charge in [0.25, 0.3) is 11.5 Å². The first-order valence-electron chi connectivity index (χ1n) is 7.74. The molecule has 0 saturated carbocycles. The molecule has 0 aliphatic rings. The summed E-state index contributed by atoms with van der Waals surface area (Å²) in [5, 5.41) is 6.67. The fraction of sp³-hybridized carbons (Fsp3) is 0.111. The lowest BCUT2D eigenvalue weighted by molar-refractivity contribution is -0.119. The molecule has 0 bridgehead atoms. The van der Waals surface area contributed by atoms with Crippen LogP contribution in [0.4, 0.5) is 14.5 Å². The van der Waals surface area contributed by atoms with Gasteiger partial charge in [-0.05, 0) is 18.2 Å². The van der Waals surface area contributed by atoms with E-state index in [1.165, 1.54) is 13.1 Å². The van der Waals surface area contributed by atoms with Gasteiger partial charge in [-0.3, -0.25) is 9.59 Å². The van der Waals surface area contributed by atoms with Crippen molar-refractivity contribution in [3.63, 3.8) is 0 Å². The van der Waals surface area contributed by atoms with E-state index >= 15 is 0 Å². The van der Waals surface area contributed by atoms with E-state index in [0.29, 0.717) is 11.5 Å². The Labute approximate surface area is 151 Å². The van der Waals surface area contributed by atoms with Gasteiger partial charge in [-0.2, -0.15) is 5.10 Å². The van der Waals surface area contributed by atoms with Gasteiger partial charge in [0.05, 0.1) is 5.39 Å². The number of ether oxygens (including phenoxy) is 1. The third kappa shape index (κ3) is 3.97. The van der Waals surface area contributed by atoms with Crippen LogP contribution in [0.2, 0.25) is 0 Å². The molecule has 0 unspecified atom stereocenters. The lowest BCUT2D eigenvalue weighted by atomic mass is 10.1. The number of aromatic nitrogens is 2. The number of fused-ring (bicyclic) bond motifs is 1. The molecule has 138 valence electrons. The summed E-state index contributed by atoms with van der Waals surface area (Å²) in [6.07, 6.45) is 0. The second-order valence-electron chi connectivity index (χ2n) is 5.61. The number of aryl methyl sites for hydroxylation is 1. The normalized spacial score (nSPS) is 10.6. The summed E-state index contributed by atoms with van der Waals surface area (Å²) in [5.74, 6) is -3.42. The third-order valence-corrected chi connectivity index (χ3v) is 3.63. The van der Waals surface area contributed by atoms with Crippen molar-refractivity contribution in [2.75, 3.05) is 11.9 Å². The van der Waals surface area contributed by atoms with E-state index in [2.05, 4.69) is 10.4 Å². The summed E-state index contributed by atoms with van der Waals surface area (Å²) in [7, 11) is 1.39. The van der Waals surface area contributed by atoms with E-state index in [1.807, 2.05) is 0 Å². The molecule has 0 aliphatic heterocycles. The van der Waals surface area contributed by atoms with Crippen LogP contribution in [0.25, 0.3) is 10.8 Å². The molecule has 1 aromatic heterocycles. The summed E-state index contributed by atoms with van der Waals surface area (Å²) < 4.78 is 32.1. The zero-order chi connectivity index (χ0) is 19.6. The van der Waals surface area contributed by atoms with Crippen molar-refractivity contribution in [1.82, 2.24) is 9.78 Å². The highest BCUT2D eigenvalue weighted by Crippen LogP contribution is 2.15. The number of rotatable bonds is 4. The lowest BCUT2D eigenvalue weighted by Crippen LogP contribution is -2.26. The Bertz CT molecular complexity index is 1090. The summed E-state index contributed by atoms with van der Waals surface area (Å²) >= 11 is 0. The molecular weight excluding hydrogens is 360 g/mol. The van der Waals surface area contributed by atoms with Crippen molar-refractivity contribution in [2.24, 2.45) is 7.05 Å². The lowest BCUT2D eigenvalue weighted by Gasteiger charge is -2.09. The summed E-state index contributed by atoms with van der Waals surface area (Å²) in [5.41, 5.74) is -0.621. The van der Waals surface area contributed by atoms with E-state index in [9.17, 15) is 23.2 Å². The molecule has 1 amide bonds. The number of hydrogen-bond donors (Lipinski definition) is 1. The predicted molar refractivity (Wildman–Crippen MR) is 92.3 cm³/mol. The van der Waals surface area contributed by atoms with Crippen LogP contribution in [0.3, 0.4) is 0 Å². The molecule has 0 aliphatic carbocycles. The number of nitrogens with one attached hydrogen (secondary N) is 1. The zero-order valence-corrected chi connectivity index (χ0v) is 14.0. The van der Waals surface area contributed by atoms with Crippen LogP contribution < -0.4 is 10.9 Å². The minimum absolute atomic E-state index is 0.112. The summed E-state index contributed by atoms with van der Waals surface area (Å²) in [6, 6.07) is 8.86. The molecule has 0 atom stereocenters. The van der Waals surface area contributed by atoms with Crippen molar-refractivity contribution < 1.29 is 23.1 Å². The number of halogens is 2. The number of anilines is 1. The van der Waals surface area contributed by atoms with Gasteiger partial charge in [0.2, 0.25) is 0 Å². The zero-order valence-electron chi connectivity index (χ0n) is 14.0. The Morgan fingerprint density at radius 2 is 1.74 bits per heavy atom. The standard InChI is InChI=1S/C18H13F2N3O4/c1-23-17(25)14-5-3-2-4-13(14)16(22-23)18(26)27-9-15(24)21-12-7-10(19)6-11(20)8-12/h2-8H,9H2,1H3,(H,21,24). The maximum absolute atomic E-state index is 13.1. The number of benzene rings is 2. The first-order valence-corrected chi connectivity index (χ1v) is 7.74. The van der Waals surface area contributed by atoms with Crippen LogP contribution in [-0.4, -0.2) is 28.3 Å². The number of esters is 1. The van der Waals surface area contributed by atoms with Gasteiger partial charge in [0, 0.05) is 24.2 Å². The maximum atomic E-state index is 13.1. The summed E-state index contributed by atoms with van der Waals surface area (Å²) in [6.45, 7) is -0.699. The third-order valence-electron chi connectivity index (χ3n) is 3.63. The highest BCUT2D eigenvalue weighted by Gasteiger charge is 2.18. The molecule has 0 fully saturated rings. The number of nitrogens with zero attached hydrogens (tertiary/aromatic N) is 2. The van der Waals surface area contributed by atoms with E-state index in [4.69, 9.17) is 4.74 Å². The monoisotopic (exact) mass is 373 g/mol. The molecule has 3 rings (SSSR count). The largest absolute Gasteiger partial charge is 0.451 e. The van der Waals surface area contributed by atoms with Crippen LogP contribution in [0, 0.1) is 11.6 Å². The van der Waals surface area contributed by atoms with Crippen molar-refractivity contribution in [3.8, 4) is 0 Å². The van der Waals surface area contributed by atoms with E-state index in [-0.39, 0.29) is 22.3 Å². The first kappa shape index (κ1) is 18.2. The Morgan fingerprint density at radius 1 is 1.11 bits per heavy atom. The van der Waals surface area contributed by atoms with E-state index in [0.717, 1.165) is 16.8 Å². The van der Waals surface area contributed by atoms with Gasteiger partial charge >= 0.3 is 5.97 Å². The Hall–Kier alpha value is -3.62. The van der Waals surface area contributed by atoms with Crippen LogP contribution in [-0.2, 0) is 16.6 Å². The highest BCUT2D eigenvalue weighted by molar-refractivity contribution is 6.03. The van der Waals surface area contributed by atoms with Gasteiger partial charge in [-0.15, -0.1) is 0 Å².